The van der Waals surface area contributed by atoms with Crippen LogP contribution in [0.5, 0.6) is 5.75 Å². The zero-order chi connectivity index (χ0) is 24.7. The number of anilines is 2. The Morgan fingerprint density at radius 3 is 2.18 bits per heavy atom. The predicted octanol–water partition coefficient (Wildman–Crippen LogP) is 4.25. The van der Waals surface area contributed by atoms with E-state index < -0.39 is 6.04 Å². The average molecular weight is 472 g/mol. The maximum absolute atomic E-state index is 14.9. The number of halogens is 1. The van der Waals surface area contributed by atoms with Crippen molar-refractivity contribution < 1.29 is 23.5 Å². The van der Waals surface area contributed by atoms with E-state index in [1.165, 1.54) is 13.2 Å². The Balaban J connectivity index is 1.67. The van der Waals surface area contributed by atoms with Crippen molar-refractivity contribution in [3.05, 3.63) is 53.8 Å². The Hall–Kier alpha value is -3.13. The van der Waals surface area contributed by atoms with E-state index in [0.29, 0.717) is 43.3 Å². The number of nitrogens with one attached hydrogen (secondary N) is 1. The number of methoxy groups -OCH3 is 2. The number of carbonyl (C=O) groups excluding carboxylic acids is 2. The molecule has 0 aromatic heterocycles. The van der Waals surface area contributed by atoms with Crippen LogP contribution in [0.2, 0.25) is 0 Å². The van der Waals surface area contributed by atoms with Crippen LogP contribution in [0.15, 0.2) is 42.5 Å². The van der Waals surface area contributed by atoms with E-state index in [2.05, 4.69) is 5.32 Å². The Labute approximate surface area is 200 Å². The minimum Gasteiger partial charge on any atom is -0.497 e. The molecule has 184 valence electrons. The highest BCUT2D eigenvalue weighted by molar-refractivity contribution is 5.92. The molecule has 3 rings (SSSR count). The van der Waals surface area contributed by atoms with Gasteiger partial charge in [-0.1, -0.05) is 26.0 Å². The van der Waals surface area contributed by atoms with Crippen molar-refractivity contribution in [1.82, 2.24) is 4.90 Å². The van der Waals surface area contributed by atoms with E-state index in [4.69, 9.17) is 9.47 Å². The summed E-state index contributed by atoms with van der Waals surface area (Å²) in [6, 6.07) is 11.6. The molecule has 1 atom stereocenters. The Kier molecular flexibility index (Phi) is 8.87. The second-order valence-corrected chi connectivity index (χ2v) is 8.39. The molecule has 1 N–H and O–H groups in total. The van der Waals surface area contributed by atoms with E-state index in [1.807, 2.05) is 47.9 Å². The zero-order valence-corrected chi connectivity index (χ0v) is 20.3. The summed E-state index contributed by atoms with van der Waals surface area (Å²) in [6.45, 7) is 6.18. The number of ether oxygens (including phenoxy) is 2. The predicted molar refractivity (Wildman–Crippen MR) is 131 cm³/mol. The molecule has 0 radical (unpaired) electrons. The van der Waals surface area contributed by atoms with Crippen molar-refractivity contribution in [3.8, 4) is 5.75 Å². The number of benzene rings is 2. The third-order valence-corrected chi connectivity index (χ3v) is 6.45. The van der Waals surface area contributed by atoms with Crippen LogP contribution < -0.4 is 15.0 Å². The van der Waals surface area contributed by atoms with Gasteiger partial charge in [-0.2, -0.15) is 0 Å². The van der Waals surface area contributed by atoms with Crippen molar-refractivity contribution in [1.29, 1.82) is 0 Å². The third-order valence-electron chi connectivity index (χ3n) is 6.45. The lowest BCUT2D eigenvalue weighted by Crippen LogP contribution is -2.49. The van der Waals surface area contributed by atoms with Crippen molar-refractivity contribution in [3.63, 3.8) is 0 Å². The molecule has 8 heteroatoms. The first-order valence-electron chi connectivity index (χ1n) is 11.7. The van der Waals surface area contributed by atoms with E-state index in [-0.39, 0.29) is 23.6 Å². The fourth-order valence-electron chi connectivity index (χ4n) is 4.36. The molecule has 7 nitrogen and oxygen atoms in total. The molecular formula is C26H34FN3O4. The molecule has 34 heavy (non-hydrogen) atoms. The van der Waals surface area contributed by atoms with Crippen LogP contribution in [0, 0.1) is 11.7 Å². The molecule has 0 saturated carbocycles. The van der Waals surface area contributed by atoms with E-state index in [9.17, 15) is 14.0 Å². The maximum Gasteiger partial charge on any atom is 0.327 e. The second-order valence-electron chi connectivity index (χ2n) is 8.39. The topological polar surface area (TPSA) is 71.1 Å². The van der Waals surface area contributed by atoms with Gasteiger partial charge in [-0.15, -0.1) is 0 Å². The van der Waals surface area contributed by atoms with Crippen LogP contribution in [0.25, 0.3) is 0 Å². The lowest BCUT2D eigenvalue weighted by atomic mass is 10.0. The maximum atomic E-state index is 14.9. The number of hydrogen-bond donors (Lipinski definition) is 1. The van der Waals surface area contributed by atoms with Crippen LogP contribution >= 0.6 is 0 Å². The number of amides is 1. The van der Waals surface area contributed by atoms with Crippen molar-refractivity contribution in [2.75, 3.05) is 50.6 Å². The van der Waals surface area contributed by atoms with Gasteiger partial charge < -0.3 is 19.7 Å². The van der Waals surface area contributed by atoms with E-state index >= 15 is 0 Å². The van der Waals surface area contributed by atoms with Crippen molar-refractivity contribution in [2.45, 2.75) is 32.7 Å². The molecule has 1 fully saturated rings. The summed E-state index contributed by atoms with van der Waals surface area (Å²) in [6.07, 6.45) is 1.49. The molecule has 1 saturated heterocycles. The van der Waals surface area contributed by atoms with Gasteiger partial charge in [0.05, 0.1) is 19.9 Å². The van der Waals surface area contributed by atoms with Gasteiger partial charge in [0.1, 0.15) is 17.6 Å². The highest BCUT2D eigenvalue weighted by atomic mass is 19.1. The number of carbonyl (C=O) groups is 2. The Bertz CT molecular complexity index is 971. The van der Waals surface area contributed by atoms with Crippen LogP contribution in [-0.2, 0) is 14.3 Å². The lowest BCUT2D eigenvalue weighted by molar-refractivity contribution is -0.147. The van der Waals surface area contributed by atoms with Gasteiger partial charge in [0.15, 0.2) is 0 Å². The minimum atomic E-state index is -0.537. The summed E-state index contributed by atoms with van der Waals surface area (Å²) in [7, 11) is 2.98. The van der Waals surface area contributed by atoms with E-state index in [0.717, 1.165) is 18.4 Å². The smallest absolute Gasteiger partial charge is 0.327 e. The van der Waals surface area contributed by atoms with Gasteiger partial charge in [0.25, 0.3) is 0 Å². The quantitative estimate of drug-likeness (QED) is 0.552. The lowest BCUT2D eigenvalue weighted by Gasteiger charge is -2.39. The molecule has 1 unspecified atom stereocenters. The normalized spacial score (nSPS) is 15.2. The summed E-state index contributed by atoms with van der Waals surface area (Å²) < 4.78 is 25.2. The first-order chi connectivity index (χ1) is 16.4. The summed E-state index contributed by atoms with van der Waals surface area (Å²) in [5, 5.41) is 2.82. The number of piperazine rings is 1. The summed E-state index contributed by atoms with van der Waals surface area (Å²) >= 11 is 0. The largest absolute Gasteiger partial charge is 0.497 e. The zero-order valence-electron chi connectivity index (χ0n) is 20.3. The summed E-state index contributed by atoms with van der Waals surface area (Å²) in [5.74, 6) is -0.160. The fraction of sp³-hybridized carbons (Fsp3) is 0.462. The van der Waals surface area contributed by atoms with Gasteiger partial charge >= 0.3 is 5.97 Å². The molecule has 0 aliphatic carbocycles. The molecule has 1 aliphatic heterocycles. The van der Waals surface area contributed by atoms with Crippen LogP contribution in [0.4, 0.5) is 15.8 Å². The van der Waals surface area contributed by atoms with Crippen LogP contribution in [0.1, 0.15) is 38.3 Å². The van der Waals surface area contributed by atoms with Gasteiger partial charge in [-0.3, -0.25) is 9.69 Å². The first-order valence-corrected chi connectivity index (χ1v) is 11.7. The molecule has 0 bridgehead atoms. The molecule has 1 heterocycles. The molecule has 2 aromatic rings. The van der Waals surface area contributed by atoms with E-state index in [1.54, 1.807) is 19.2 Å². The average Bonchev–Trinajstić information content (AvgIpc) is 2.86. The van der Waals surface area contributed by atoms with Crippen molar-refractivity contribution >= 4 is 23.3 Å². The van der Waals surface area contributed by atoms with Gasteiger partial charge in [-0.05, 0) is 48.7 Å². The minimum absolute atomic E-state index is 0.0794. The number of hydrogen-bond acceptors (Lipinski definition) is 6. The fourth-order valence-corrected chi connectivity index (χ4v) is 4.36. The van der Waals surface area contributed by atoms with Gasteiger partial charge in [-0.25, -0.2) is 9.18 Å². The van der Waals surface area contributed by atoms with Crippen LogP contribution in [-0.4, -0.2) is 57.2 Å². The molecule has 1 amide bonds. The Morgan fingerprint density at radius 1 is 1.00 bits per heavy atom. The van der Waals surface area contributed by atoms with Gasteiger partial charge in [0.2, 0.25) is 5.91 Å². The molecular weight excluding hydrogens is 437 g/mol. The van der Waals surface area contributed by atoms with Crippen LogP contribution in [0.3, 0.4) is 0 Å². The molecule has 1 aliphatic rings. The third kappa shape index (κ3) is 5.86. The molecule has 2 aromatic carbocycles. The summed E-state index contributed by atoms with van der Waals surface area (Å²) in [4.78, 5) is 28.9. The second kappa shape index (κ2) is 11.8. The standard InChI is InChI=1S/C26H34FN3O4/c1-5-18(6-2)25(31)28-20-9-12-23(22(27)17-20)29-13-15-30(16-14-29)24(26(32)34-4)19-7-10-21(33-3)11-8-19/h7-12,17-18,24H,5-6,13-16H2,1-4H3,(H,28,31). The molecule has 0 spiro atoms. The van der Waals surface area contributed by atoms with Gasteiger partial charge in [0, 0.05) is 37.8 Å². The SMILES string of the molecule is CCC(CC)C(=O)Nc1ccc(N2CCN(C(C(=O)OC)c3ccc(OC)cc3)CC2)c(F)c1. The summed E-state index contributed by atoms with van der Waals surface area (Å²) in [5.41, 5.74) is 1.77. The monoisotopic (exact) mass is 471 g/mol. The highest BCUT2D eigenvalue weighted by Gasteiger charge is 2.32. The number of esters is 1. The van der Waals surface area contributed by atoms with Crippen molar-refractivity contribution in [2.24, 2.45) is 5.92 Å². The highest BCUT2D eigenvalue weighted by Crippen LogP contribution is 2.29. The number of nitrogens with zero attached hydrogens (tertiary/aromatic N) is 2. The number of rotatable bonds is 9. The Morgan fingerprint density at radius 2 is 1.65 bits per heavy atom. The first kappa shape index (κ1) is 25.5.